The van der Waals surface area contributed by atoms with Crippen LogP contribution in [0.1, 0.15) is 25.0 Å². The topological polar surface area (TPSA) is 41.1 Å². The van der Waals surface area contributed by atoms with Crippen molar-refractivity contribution in [1.82, 2.24) is 15.3 Å². The average Bonchev–Trinajstić information content (AvgIpc) is 2.78. The van der Waals surface area contributed by atoms with Crippen LogP contribution in [0.3, 0.4) is 0 Å². The van der Waals surface area contributed by atoms with Gasteiger partial charge in [0.05, 0.1) is 16.7 Å². The van der Waals surface area contributed by atoms with Gasteiger partial charge in [0.25, 0.3) is 0 Å². The number of hydrogen-bond donors (Lipinski definition) is 1. The van der Waals surface area contributed by atoms with Gasteiger partial charge in [-0.1, -0.05) is 12.1 Å². The highest BCUT2D eigenvalue weighted by Gasteiger charge is 2.30. The van der Waals surface area contributed by atoms with Gasteiger partial charge < -0.3 is 10.2 Å². The van der Waals surface area contributed by atoms with Gasteiger partial charge in [-0.25, -0.2) is 9.97 Å². The van der Waals surface area contributed by atoms with Crippen molar-refractivity contribution >= 4 is 16.9 Å². The largest absolute Gasteiger partial charge is 0.353 e. The summed E-state index contributed by atoms with van der Waals surface area (Å²) >= 11 is 0. The molecule has 4 rings (SSSR count). The van der Waals surface area contributed by atoms with Crippen LogP contribution in [0.5, 0.6) is 0 Å². The fraction of sp³-hybridized carbons (Fsp3) is 0.500. The van der Waals surface area contributed by atoms with Crippen molar-refractivity contribution in [3.8, 4) is 0 Å². The summed E-state index contributed by atoms with van der Waals surface area (Å²) < 4.78 is 0. The molecule has 2 saturated heterocycles. The predicted molar refractivity (Wildman–Crippen MR) is 81.1 cm³/mol. The molecule has 4 heteroatoms. The first-order chi connectivity index (χ1) is 9.79. The van der Waals surface area contributed by atoms with Crippen molar-refractivity contribution in [1.29, 1.82) is 0 Å². The van der Waals surface area contributed by atoms with E-state index < -0.39 is 0 Å². The van der Waals surface area contributed by atoms with E-state index in [0.717, 1.165) is 35.6 Å². The second-order valence-corrected chi connectivity index (χ2v) is 5.99. The molecule has 0 amide bonds. The summed E-state index contributed by atoms with van der Waals surface area (Å²) in [6, 6.07) is 9.46. The van der Waals surface area contributed by atoms with Crippen LogP contribution in [0.25, 0.3) is 11.0 Å². The highest BCUT2D eigenvalue weighted by molar-refractivity contribution is 5.76. The third kappa shape index (κ3) is 2.04. The lowest BCUT2D eigenvalue weighted by Gasteiger charge is -2.26. The summed E-state index contributed by atoms with van der Waals surface area (Å²) in [5, 5.41) is 3.72. The first kappa shape index (κ1) is 12.1. The number of aryl methyl sites for hydroxylation is 1. The van der Waals surface area contributed by atoms with E-state index in [1.165, 1.54) is 19.3 Å². The van der Waals surface area contributed by atoms with Crippen LogP contribution < -0.4 is 10.2 Å². The van der Waals surface area contributed by atoms with Gasteiger partial charge in [-0.05, 0) is 38.3 Å². The van der Waals surface area contributed by atoms with E-state index in [1.54, 1.807) is 0 Å². The number of hydrogen-bond acceptors (Lipinski definition) is 4. The molecule has 1 N–H and O–H groups in total. The lowest BCUT2D eigenvalue weighted by atomic mass is 10.1. The number of para-hydroxylation sites is 2. The highest BCUT2D eigenvalue weighted by atomic mass is 15.2. The summed E-state index contributed by atoms with van der Waals surface area (Å²) in [7, 11) is 0. The van der Waals surface area contributed by atoms with Crippen molar-refractivity contribution in [3.05, 3.63) is 30.0 Å². The quantitative estimate of drug-likeness (QED) is 0.861. The Labute approximate surface area is 119 Å². The predicted octanol–water partition coefficient (Wildman–Crippen LogP) is 2.27. The highest BCUT2D eigenvalue weighted by Crippen LogP contribution is 2.26. The molecule has 0 spiro atoms. The van der Waals surface area contributed by atoms with Crippen LogP contribution in [0, 0.1) is 6.92 Å². The van der Waals surface area contributed by atoms with Crippen LogP contribution in [0.15, 0.2) is 24.3 Å². The van der Waals surface area contributed by atoms with E-state index >= 15 is 0 Å². The maximum Gasteiger partial charge on any atom is 0.150 e. The molecule has 2 unspecified atom stereocenters. The number of aromatic nitrogens is 2. The van der Waals surface area contributed by atoms with Crippen molar-refractivity contribution in [2.75, 3.05) is 18.0 Å². The van der Waals surface area contributed by atoms with Crippen molar-refractivity contribution in [3.63, 3.8) is 0 Å². The fourth-order valence-electron chi connectivity index (χ4n) is 3.51. The molecule has 2 aliphatic rings. The summed E-state index contributed by atoms with van der Waals surface area (Å²) in [5.41, 5.74) is 3.03. The van der Waals surface area contributed by atoms with E-state index in [4.69, 9.17) is 9.97 Å². The normalized spacial score (nSPS) is 25.9. The molecule has 2 fully saturated rings. The number of nitrogens with zero attached hydrogens (tertiary/aromatic N) is 3. The zero-order valence-corrected chi connectivity index (χ0v) is 11.8. The minimum Gasteiger partial charge on any atom is -0.353 e. The minimum absolute atomic E-state index is 0.621. The molecule has 104 valence electrons. The molecule has 1 aromatic heterocycles. The van der Waals surface area contributed by atoms with E-state index in [1.807, 2.05) is 24.3 Å². The van der Waals surface area contributed by atoms with E-state index in [2.05, 4.69) is 17.1 Å². The molecular formula is C16H20N4. The monoisotopic (exact) mass is 268 g/mol. The van der Waals surface area contributed by atoms with Crippen LogP contribution in [0.4, 0.5) is 5.82 Å². The molecule has 2 bridgehead atoms. The van der Waals surface area contributed by atoms with E-state index in [-0.39, 0.29) is 0 Å². The maximum absolute atomic E-state index is 4.86. The molecule has 0 radical (unpaired) electrons. The fourth-order valence-corrected chi connectivity index (χ4v) is 3.51. The molecule has 4 nitrogen and oxygen atoms in total. The van der Waals surface area contributed by atoms with Crippen LogP contribution in [-0.2, 0) is 0 Å². The molecule has 2 aliphatic heterocycles. The van der Waals surface area contributed by atoms with Crippen LogP contribution >= 0.6 is 0 Å². The second kappa shape index (κ2) is 4.70. The van der Waals surface area contributed by atoms with Crippen molar-refractivity contribution in [2.45, 2.75) is 38.3 Å². The van der Waals surface area contributed by atoms with Gasteiger partial charge >= 0.3 is 0 Å². The van der Waals surface area contributed by atoms with Gasteiger partial charge in [0.2, 0.25) is 0 Å². The van der Waals surface area contributed by atoms with E-state index in [9.17, 15) is 0 Å². The minimum atomic E-state index is 0.621. The molecule has 0 aliphatic carbocycles. The number of fused-ring (bicyclic) bond motifs is 3. The molecule has 1 aromatic carbocycles. The van der Waals surface area contributed by atoms with Crippen molar-refractivity contribution < 1.29 is 0 Å². The number of benzene rings is 1. The Hall–Kier alpha value is -1.68. The smallest absolute Gasteiger partial charge is 0.150 e. The summed E-state index contributed by atoms with van der Waals surface area (Å²) in [6.07, 6.45) is 3.84. The number of nitrogens with one attached hydrogen (secondary N) is 1. The maximum atomic E-state index is 4.86. The first-order valence-corrected chi connectivity index (χ1v) is 7.54. The van der Waals surface area contributed by atoms with Gasteiger partial charge in [-0.2, -0.15) is 0 Å². The van der Waals surface area contributed by atoms with Gasteiger partial charge in [0, 0.05) is 25.2 Å². The van der Waals surface area contributed by atoms with Crippen LogP contribution in [0.2, 0.25) is 0 Å². The summed E-state index contributed by atoms with van der Waals surface area (Å²) in [4.78, 5) is 12.0. The third-order valence-electron chi connectivity index (χ3n) is 4.54. The third-order valence-corrected chi connectivity index (χ3v) is 4.54. The first-order valence-electron chi connectivity index (χ1n) is 7.54. The molecule has 0 saturated carbocycles. The Balaban J connectivity index is 1.72. The number of anilines is 1. The lowest BCUT2D eigenvalue weighted by molar-refractivity contribution is 0.563. The Morgan fingerprint density at radius 3 is 2.65 bits per heavy atom. The summed E-state index contributed by atoms with van der Waals surface area (Å²) in [6.45, 7) is 4.22. The molecule has 2 aromatic rings. The lowest BCUT2D eigenvalue weighted by Crippen LogP contribution is -2.36. The van der Waals surface area contributed by atoms with Gasteiger partial charge in [-0.15, -0.1) is 0 Å². The molecule has 20 heavy (non-hydrogen) atoms. The Morgan fingerprint density at radius 1 is 1.05 bits per heavy atom. The van der Waals surface area contributed by atoms with Gasteiger partial charge in [-0.3, -0.25) is 0 Å². The Bertz CT molecular complexity index is 639. The average molecular weight is 268 g/mol. The van der Waals surface area contributed by atoms with Gasteiger partial charge in [0.15, 0.2) is 5.82 Å². The Kier molecular flexibility index (Phi) is 2.84. The SMILES string of the molecule is Cc1nc2ccccc2nc1N1CCC2CCC(C1)N2. The van der Waals surface area contributed by atoms with Gasteiger partial charge in [0.1, 0.15) is 0 Å². The Morgan fingerprint density at radius 2 is 1.80 bits per heavy atom. The summed E-state index contributed by atoms with van der Waals surface area (Å²) in [5.74, 6) is 1.07. The van der Waals surface area contributed by atoms with E-state index in [0.29, 0.717) is 12.1 Å². The molecular weight excluding hydrogens is 248 g/mol. The zero-order chi connectivity index (χ0) is 13.5. The number of rotatable bonds is 1. The zero-order valence-electron chi connectivity index (χ0n) is 11.8. The van der Waals surface area contributed by atoms with Crippen LogP contribution in [-0.4, -0.2) is 35.1 Å². The molecule has 2 atom stereocenters. The van der Waals surface area contributed by atoms with Crippen molar-refractivity contribution in [2.24, 2.45) is 0 Å². The second-order valence-electron chi connectivity index (χ2n) is 5.99. The standard InChI is InChI=1S/C16H20N4/c1-11-16(19-15-5-3-2-4-14(15)17-11)20-9-8-12-6-7-13(10-20)18-12/h2-5,12-13,18H,6-10H2,1H3. The molecule has 3 heterocycles.